The Bertz CT molecular complexity index is 206. The van der Waals surface area contributed by atoms with Crippen molar-refractivity contribution in [2.75, 3.05) is 18.8 Å². The first-order valence-electron chi connectivity index (χ1n) is 4.60. The van der Waals surface area contributed by atoms with Gasteiger partial charge in [-0.15, -0.1) is 11.8 Å². The molecule has 4 nitrogen and oxygen atoms in total. The van der Waals surface area contributed by atoms with Crippen LogP contribution in [0.25, 0.3) is 0 Å². The minimum absolute atomic E-state index is 0.0892. The van der Waals surface area contributed by atoms with E-state index in [0.717, 1.165) is 12.2 Å². The van der Waals surface area contributed by atoms with Crippen molar-refractivity contribution in [2.24, 2.45) is 5.73 Å². The molecule has 2 heterocycles. The van der Waals surface area contributed by atoms with Gasteiger partial charge in [0.15, 0.2) is 0 Å². The highest BCUT2D eigenvalue weighted by atomic mass is 32.2. The van der Waals surface area contributed by atoms with E-state index in [1.807, 2.05) is 16.7 Å². The van der Waals surface area contributed by atoms with Crippen LogP contribution in [0.3, 0.4) is 0 Å². The lowest BCUT2D eigenvalue weighted by atomic mass is 10.3. The molecule has 74 valence electrons. The average molecular weight is 202 g/mol. The molecule has 2 rings (SSSR count). The zero-order chi connectivity index (χ0) is 9.26. The van der Waals surface area contributed by atoms with Crippen LogP contribution in [0.15, 0.2) is 0 Å². The lowest BCUT2D eigenvalue weighted by Crippen LogP contribution is -2.33. The molecule has 0 aliphatic carbocycles. The maximum atomic E-state index is 11.4. The van der Waals surface area contributed by atoms with E-state index >= 15 is 0 Å². The smallest absolute Gasteiger partial charge is 0.411 e. The fourth-order valence-electron chi connectivity index (χ4n) is 1.71. The summed E-state index contributed by atoms with van der Waals surface area (Å²) in [5.41, 5.74) is 5.45. The van der Waals surface area contributed by atoms with Crippen LogP contribution in [0.4, 0.5) is 4.79 Å². The summed E-state index contributed by atoms with van der Waals surface area (Å²) in [6.07, 6.45) is 2.02. The summed E-state index contributed by atoms with van der Waals surface area (Å²) in [5, 5.41) is 0.337. The van der Waals surface area contributed by atoms with E-state index in [-0.39, 0.29) is 12.2 Å². The summed E-state index contributed by atoms with van der Waals surface area (Å²) < 4.78 is 5.08. The topological polar surface area (TPSA) is 55.6 Å². The number of amides is 1. The molecule has 2 aliphatic heterocycles. The van der Waals surface area contributed by atoms with Gasteiger partial charge in [-0.05, 0) is 18.6 Å². The molecule has 0 aromatic heterocycles. The Hall–Kier alpha value is -0.420. The summed E-state index contributed by atoms with van der Waals surface area (Å²) in [4.78, 5) is 13.2. The van der Waals surface area contributed by atoms with Gasteiger partial charge in [0.05, 0.1) is 11.9 Å². The Kier molecular flexibility index (Phi) is 2.64. The van der Waals surface area contributed by atoms with Crippen molar-refractivity contribution >= 4 is 17.9 Å². The zero-order valence-corrected chi connectivity index (χ0v) is 8.26. The molecule has 2 aliphatic rings. The number of cyclic esters (lactones) is 1. The quantitative estimate of drug-likeness (QED) is 0.713. The summed E-state index contributed by atoms with van der Waals surface area (Å²) in [7, 11) is 0. The van der Waals surface area contributed by atoms with Gasteiger partial charge in [-0.2, -0.15) is 0 Å². The second kappa shape index (κ2) is 3.75. The van der Waals surface area contributed by atoms with Crippen LogP contribution in [-0.4, -0.2) is 41.3 Å². The van der Waals surface area contributed by atoms with E-state index in [9.17, 15) is 4.79 Å². The van der Waals surface area contributed by atoms with Crippen LogP contribution in [-0.2, 0) is 4.74 Å². The molecular weight excluding hydrogens is 188 g/mol. The van der Waals surface area contributed by atoms with Gasteiger partial charge < -0.3 is 10.5 Å². The number of nitrogens with zero attached hydrogens (tertiary/aromatic N) is 1. The van der Waals surface area contributed by atoms with Gasteiger partial charge in [-0.3, -0.25) is 4.90 Å². The lowest BCUT2D eigenvalue weighted by Gasteiger charge is -2.19. The van der Waals surface area contributed by atoms with Crippen molar-refractivity contribution in [3.05, 3.63) is 0 Å². The number of hydrogen-bond donors (Lipinski definition) is 1. The molecule has 2 atom stereocenters. The van der Waals surface area contributed by atoms with Gasteiger partial charge in [-0.1, -0.05) is 0 Å². The summed E-state index contributed by atoms with van der Waals surface area (Å²) in [6, 6.07) is 0. The van der Waals surface area contributed by atoms with Gasteiger partial charge in [-0.25, -0.2) is 4.79 Å². The molecule has 2 saturated heterocycles. The Morgan fingerprint density at radius 3 is 3.08 bits per heavy atom. The van der Waals surface area contributed by atoms with Crippen molar-refractivity contribution in [2.45, 2.75) is 24.3 Å². The molecule has 13 heavy (non-hydrogen) atoms. The third kappa shape index (κ3) is 1.76. The van der Waals surface area contributed by atoms with E-state index in [1.54, 1.807) is 0 Å². The van der Waals surface area contributed by atoms with E-state index in [4.69, 9.17) is 10.5 Å². The third-order valence-corrected chi connectivity index (χ3v) is 3.82. The van der Waals surface area contributed by atoms with Crippen molar-refractivity contribution in [3.63, 3.8) is 0 Å². The fraction of sp³-hybridized carbons (Fsp3) is 0.875. The first kappa shape index (κ1) is 9.15. The predicted octanol–water partition coefficient (Wildman–Crippen LogP) is 0.619. The zero-order valence-electron chi connectivity index (χ0n) is 7.44. The minimum Gasteiger partial charge on any atom is -0.443 e. The Labute approximate surface area is 81.8 Å². The van der Waals surface area contributed by atoms with Gasteiger partial charge in [0.1, 0.15) is 6.10 Å². The van der Waals surface area contributed by atoms with Crippen molar-refractivity contribution in [1.29, 1.82) is 0 Å². The van der Waals surface area contributed by atoms with Crippen molar-refractivity contribution in [1.82, 2.24) is 4.90 Å². The lowest BCUT2D eigenvalue weighted by molar-refractivity contribution is 0.134. The first-order valence-corrected chi connectivity index (χ1v) is 5.65. The standard InChI is InChI=1S/C8H14N2O2S/c9-4-6-5-10(8(11)12-6)7-2-1-3-13-7/h6-7H,1-5,9H2/t6-,7?/m0/s1. The number of thioether (sulfide) groups is 1. The first-order chi connectivity index (χ1) is 6.31. The molecule has 0 saturated carbocycles. The molecule has 0 aromatic rings. The SMILES string of the molecule is NC[C@H]1CN(C2CCCS2)C(=O)O1. The van der Waals surface area contributed by atoms with E-state index in [0.29, 0.717) is 18.5 Å². The average Bonchev–Trinajstić information content (AvgIpc) is 2.72. The molecular formula is C8H14N2O2S. The monoisotopic (exact) mass is 202 g/mol. The Morgan fingerprint density at radius 1 is 1.69 bits per heavy atom. The Morgan fingerprint density at radius 2 is 2.54 bits per heavy atom. The third-order valence-electron chi connectivity index (χ3n) is 2.42. The van der Waals surface area contributed by atoms with Crippen LogP contribution >= 0.6 is 11.8 Å². The maximum absolute atomic E-state index is 11.4. The molecule has 2 fully saturated rings. The number of nitrogens with two attached hydrogens (primary N) is 1. The predicted molar refractivity (Wildman–Crippen MR) is 51.5 cm³/mol. The largest absolute Gasteiger partial charge is 0.443 e. The molecule has 5 heteroatoms. The van der Waals surface area contributed by atoms with E-state index < -0.39 is 0 Å². The van der Waals surface area contributed by atoms with Crippen LogP contribution < -0.4 is 5.73 Å². The molecule has 0 radical (unpaired) electrons. The molecule has 1 amide bonds. The second-order valence-electron chi connectivity index (χ2n) is 3.36. The summed E-state index contributed by atoms with van der Waals surface area (Å²) >= 11 is 1.84. The Balaban J connectivity index is 1.95. The highest BCUT2D eigenvalue weighted by Crippen LogP contribution is 2.31. The van der Waals surface area contributed by atoms with E-state index in [2.05, 4.69) is 0 Å². The molecule has 0 spiro atoms. The number of ether oxygens (including phenoxy) is 1. The fourth-order valence-corrected chi connectivity index (χ4v) is 3.00. The normalized spacial score (nSPS) is 33.9. The van der Waals surface area contributed by atoms with Gasteiger partial charge in [0.25, 0.3) is 0 Å². The maximum Gasteiger partial charge on any atom is 0.411 e. The van der Waals surface area contributed by atoms with Gasteiger partial charge in [0.2, 0.25) is 0 Å². The number of rotatable bonds is 2. The highest BCUT2D eigenvalue weighted by molar-refractivity contribution is 8.00. The summed E-state index contributed by atoms with van der Waals surface area (Å²) in [5.74, 6) is 1.15. The van der Waals surface area contributed by atoms with Crippen LogP contribution in [0.5, 0.6) is 0 Å². The van der Waals surface area contributed by atoms with E-state index in [1.165, 1.54) is 6.42 Å². The van der Waals surface area contributed by atoms with Gasteiger partial charge >= 0.3 is 6.09 Å². The van der Waals surface area contributed by atoms with Gasteiger partial charge in [0, 0.05) is 6.54 Å². The number of hydrogen-bond acceptors (Lipinski definition) is 4. The number of carbonyl (C=O) groups excluding carboxylic acids is 1. The van der Waals surface area contributed by atoms with Crippen LogP contribution in [0, 0.1) is 0 Å². The molecule has 0 bridgehead atoms. The molecule has 2 N–H and O–H groups in total. The van der Waals surface area contributed by atoms with Crippen molar-refractivity contribution < 1.29 is 9.53 Å². The number of carbonyl (C=O) groups is 1. The van der Waals surface area contributed by atoms with Crippen LogP contribution in [0.2, 0.25) is 0 Å². The summed E-state index contributed by atoms with van der Waals surface area (Å²) in [6.45, 7) is 1.10. The highest BCUT2D eigenvalue weighted by Gasteiger charge is 2.36. The molecule has 1 unspecified atom stereocenters. The van der Waals surface area contributed by atoms with Crippen LogP contribution in [0.1, 0.15) is 12.8 Å². The van der Waals surface area contributed by atoms with Crippen molar-refractivity contribution in [3.8, 4) is 0 Å². The second-order valence-corrected chi connectivity index (χ2v) is 4.65. The minimum atomic E-state index is -0.185. The molecule has 0 aromatic carbocycles.